The second kappa shape index (κ2) is 7.57. The molecule has 0 unspecified atom stereocenters. The molecule has 0 aromatic heterocycles. The zero-order valence-electron chi connectivity index (χ0n) is 14.7. The highest BCUT2D eigenvalue weighted by atomic mass is 16.5. The van der Waals surface area contributed by atoms with Crippen LogP contribution in [0.2, 0.25) is 0 Å². The lowest BCUT2D eigenvalue weighted by Crippen LogP contribution is -2.26. The summed E-state index contributed by atoms with van der Waals surface area (Å²) in [6.45, 7) is 5.37. The molecule has 132 valence electrons. The molecule has 3 rings (SSSR count). The summed E-state index contributed by atoms with van der Waals surface area (Å²) in [5.41, 5.74) is 9.57. The Morgan fingerprint density at radius 3 is 2.60 bits per heavy atom. The lowest BCUT2D eigenvalue weighted by molar-refractivity contribution is 0.0253. The Bertz CT molecular complexity index is 768. The molecular weight excluding hydrogens is 316 g/mol. The van der Waals surface area contributed by atoms with Crippen LogP contribution >= 0.6 is 0 Å². The SMILES string of the molecule is Cc1cc(NC(=O)c2cc(N)ccc2C)ccc1OC1CCOCC1. The van der Waals surface area contributed by atoms with Gasteiger partial charge in [-0.15, -0.1) is 0 Å². The van der Waals surface area contributed by atoms with Crippen LogP contribution in [-0.2, 0) is 4.74 Å². The van der Waals surface area contributed by atoms with Crippen LogP contribution < -0.4 is 15.8 Å². The smallest absolute Gasteiger partial charge is 0.256 e. The minimum atomic E-state index is -0.165. The van der Waals surface area contributed by atoms with Gasteiger partial charge in [0.15, 0.2) is 0 Å². The first-order chi connectivity index (χ1) is 12.0. The van der Waals surface area contributed by atoms with Crippen LogP contribution in [0.15, 0.2) is 36.4 Å². The van der Waals surface area contributed by atoms with Gasteiger partial charge in [-0.25, -0.2) is 0 Å². The van der Waals surface area contributed by atoms with E-state index in [-0.39, 0.29) is 12.0 Å². The number of aryl methyl sites for hydroxylation is 2. The van der Waals surface area contributed by atoms with Crippen molar-refractivity contribution in [1.82, 2.24) is 0 Å². The lowest BCUT2D eigenvalue weighted by atomic mass is 10.1. The van der Waals surface area contributed by atoms with E-state index in [0.29, 0.717) is 11.3 Å². The molecule has 2 aromatic rings. The highest BCUT2D eigenvalue weighted by Crippen LogP contribution is 2.26. The van der Waals surface area contributed by atoms with E-state index in [1.807, 2.05) is 38.1 Å². The van der Waals surface area contributed by atoms with Crippen LogP contribution in [-0.4, -0.2) is 25.2 Å². The largest absolute Gasteiger partial charge is 0.490 e. The Kier molecular flexibility index (Phi) is 5.24. The molecule has 1 aliphatic heterocycles. The van der Waals surface area contributed by atoms with Crippen molar-refractivity contribution in [2.24, 2.45) is 0 Å². The monoisotopic (exact) mass is 340 g/mol. The molecule has 0 aliphatic carbocycles. The van der Waals surface area contributed by atoms with Crippen LogP contribution in [0.5, 0.6) is 5.75 Å². The Balaban J connectivity index is 1.70. The van der Waals surface area contributed by atoms with E-state index in [1.165, 1.54) is 0 Å². The average Bonchev–Trinajstić information content (AvgIpc) is 2.60. The fraction of sp³-hybridized carbons (Fsp3) is 0.350. The molecule has 1 heterocycles. The molecule has 1 amide bonds. The standard InChI is InChI=1S/C20H24N2O3/c1-13-3-4-15(21)12-18(13)20(23)22-16-5-6-19(14(2)11-16)25-17-7-9-24-10-8-17/h3-6,11-12,17H,7-10,21H2,1-2H3,(H,22,23). The van der Waals surface area contributed by atoms with Crippen molar-refractivity contribution in [3.05, 3.63) is 53.1 Å². The van der Waals surface area contributed by atoms with Crippen molar-refractivity contribution in [2.75, 3.05) is 24.3 Å². The van der Waals surface area contributed by atoms with Gasteiger partial charge in [-0.3, -0.25) is 4.79 Å². The Morgan fingerprint density at radius 1 is 1.12 bits per heavy atom. The Hall–Kier alpha value is -2.53. The topological polar surface area (TPSA) is 73.6 Å². The maximum Gasteiger partial charge on any atom is 0.256 e. The predicted molar refractivity (Wildman–Crippen MR) is 99.2 cm³/mol. The maximum atomic E-state index is 12.5. The van der Waals surface area contributed by atoms with Crippen molar-refractivity contribution in [3.8, 4) is 5.75 Å². The van der Waals surface area contributed by atoms with Crippen LogP contribution in [0.25, 0.3) is 0 Å². The molecule has 1 fully saturated rings. The number of nitrogen functional groups attached to an aromatic ring is 1. The Morgan fingerprint density at radius 2 is 1.88 bits per heavy atom. The van der Waals surface area contributed by atoms with E-state index in [0.717, 1.165) is 48.6 Å². The van der Waals surface area contributed by atoms with Crippen LogP contribution in [0.1, 0.15) is 34.3 Å². The summed E-state index contributed by atoms with van der Waals surface area (Å²) >= 11 is 0. The van der Waals surface area contributed by atoms with Gasteiger partial charge in [-0.2, -0.15) is 0 Å². The van der Waals surface area contributed by atoms with E-state index in [9.17, 15) is 4.79 Å². The van der Waals surface area contributed by atoms with Gasteiger partial charge in [0.05, 0.1) is 13.2 Å². The molecule has 0 atom stereocenters. The summed E-state index contributed by atoms with van der Waals surface area (Å²) in [5.74, 6) is 0.687. The summed E-state index contributed by atoms with van der Waals surface area (Å²) in [6, 6.07) is 11.0. The van der Waals surface area contributed by atoms with Crippen molar-refractivity contribution >= 4 is 17.3 Å². The van der Waals surface area contributed by atoms with Gasteiger partial charge in [-0.05, 0) is 55.3 Å². The molecule has 0 spiro atoms. The van der Waals surface area contributed by atoms with Gasteiger partial charge in [0.25, 0.3) is 5.91 Å². The first kappa shape index (κ1) is 17.3. The molecule has 5 nitrogen and oxygen atoms in total. The van der Waals surface area contributed by atoms with E-state index in [4.69, 9.17) is 15.2 Å². The highest BCUT2D eigenvalue weighted by molar-refractivity contribution is 6.05. The van der Waals surface area contributed by atoms with Crippen molar-refractivity contribution in [2.45, 2.75) is 32.8 Å². The quantitative estimate of drug-likeness (QED) is 0.833. The van der Waals surface area contributed by atoms with E-state index in [1.54, 1.807) is 12.1 Å². The number of carbonyl (C=O) groups excluding carboxylic acids is 1. The molecular formula is C20H24N2O3. The highest BCUT2D eigenvalue weighted by Gasteiger charge is 2.16. The van der Waals surface area contributed by atoms with Crippen molar-refractivity contribution in [1.29, 1.82) is 0 Å². The summed E-state index contributed by atoms with van der Waals surface area (Å²) in [4.78, 5) is 12.5. The predicted octanol–water partition coefficient (Wildman–Crippen LogP) is 3.70. The number of amides is 1. The van der Waals surface area contributed by atoms with Crippen molar-refractivity contribution < 1.29 is 14.3 Å². The zero-order valence-corrected chi connectivity index (χ0v) is 14.7. The minimum absolute atomic E-state index is 0.165. The zero-order chi connectivity index (χ0) is 17.8. The molecule has 1 saturated heterocycles. The maximum absolute atomic E-state index is 12.5. The second-order valence-corrected chi connectivity index (χ2v) is 6.44. The molecule has 3 N–H and O–H groups in total. The number of anilines is 2. The summed E-state index contributed by atoms with van der Waals surface area (Å²) in [7, 11) is 0. The van der Waals surface area contributed by atoms with Gasteiger partial charge >= 0.3 is 0 Å². The normalized spacial score (nSPS) is 15.0. The number of nitrogens with two attached hydrogens (primary N) is 1. The van der Waals surface area contributed by atoms with Gasteiger partial charge < -0.3 is 20.5 Å². The number of carbonyl (C=O) groups is 1. The number of hydrogen-bond acceptors (Lipinski definition) is 4. The van der Waals surface area contributed by atoms with Gasteiger partial charge in [0, 0.05) is 29.8 Å². The summed E-state index contributed by atoms with van der Waals surface area (Å²) < 4.78 is 11.4. The first-order valence-electron chi connectivity index (χ1n) is 8.55. The van der Waals surface area contributed by atoms with Gasteiger partial charge in [0.1, 0.15) is 11.9 Å². The van der Waals surface area contributed by atoms with Crippen molar-refractivity contribution in [3.63, 3.8) is 0 Å². The van der Waals surface area contributed by atoms with Gasteiger partial charge in [-0.1, -0.05) is 6.07 Å². The third-order valence-electron chi connectivity index (χ3n) is 4.40. The number of rotatable bonds is 4. The molecule has 1 aliphatic rings. The molecule has 2 aromatic carbocycles. The summed E-state index contributed by atoms with van der Waals surface area (Å²) in [5, 5.41) is 2.93. The molecule has 0 bridgehead atoms. The lowest BCUT2D eigenvalue weighted by Gasteiger charge is -2.24. The third-order valence-corrected chi connectivity index (χ3v) is 4.40. The number of hydrogen-bond donors (Lipinski definition) is 2. The van der Waals surface area contributed by atoms with E-state index < -0.39 is 0 Å². The molecule has 0 radical (unpaired) electrons. The first-order valence-corrected chi connectivity index (χ1v) is 8.55. The second-order valence-electron chi connectivity index (χ2n) is 6.44. The average molecular weight is 340 g/mol. The Labute approximate surface area is 148 Å². The molecule has 25 heavy (non-hydrogen) atoms. The van der Waals surface area contributed by atoms with E-state index in [2.05, 4.69) is 5.32 Å². The van der Waals surface area contributed by atoms with E-state index >= 15 is 0 Å². The minimum Gasteiger partial charge on any atom is -0.490 e. The number of benzene rings is 2. The fourth-order valence-corrected chi connectivity index (χ4v) is 2.92. The third kappa shape index (κ3) is 4.31. The molecule has 0 saturated carbocycles. The number of ether oxygens (including phenoxy) is 2. The van der Waals surface area contributed by atoms with Gasteiger partial charge in [0.2, 0.25) is 0 Å². The fourth-order valence-electron chi connectivity index (χ4n) is 2.92. The van der Waals surface area contributed by atoms with Crippen LogP contribution in [0.3, 0.4) is 0 Å². The number of nitrogens with one attached hydrogen (secondary N) is 1. The van der Waals surface area contributed by atoms with Crippen LogP contribution in [0, 0.1) is 13.8 Å². The molecule has 5 heteroatoms. The van der Waals surface area contributed by atoms with Crippen LogP contribution in [0.4, 0.5) is 11.4 Å². The summed E-state index contributed by atoms with van der Waals surface area (Å²) in [6.07, 6.45) is 2.02.